The Bertz CT molecular complexity index is 1480. The second kappa shape index (κ2) is 9.30. The Labute approximate surface area is 200 Å². The van der Waals surface area contributed by atoms with Gasteiger partial charge in [0.15, 0.2) is 4.80 Å². The van der Waals surface area contributed by atoms with Gasteiger partial charge in [-0.2, -0.15) is 5.10 Å². The largest absolute Gasteiger partial charge is 0.497 e. The zero-order chi connectivity index (χ0) is 24.6. The van der Waals surface area contributed by atoms with Crippen LogP contribution < -0.4 is 24.4 Å². The van der Waals surface area contributed by atoms with Crippen molar-refractivity contribution in [2.24, 2.45) is 12.0 Å². The third-order valence-corrected chi connectivity index (χ3v) is 6.80. The molecular weight excluding hydrogens is 456 g/mol. The summed E-state index contributed by atoms with van der Waals surface area (Å²) in [7, 11) is 4.94. The summed E-state index contributed by atoms with van der Waals surface area (Å²) in [5.74, 6) is 0.556. The van der Waals surface area contributed by atoms with E-state index < -0.39 is 12.0 Å². The fourth-order valence-electron chi connectivity index (χ4n) is 3.93. The molecule has 178 valence electrons. The first-order chi connectivity index (χ1) is 16.3. The van der Waals surface area contributed by atoms with E-state index in [0.717, 1.165) is 11.3 Å². The van der Waals surface area contributed by atoms with E-state index in [0.29, 0.717) is 37.7 Å². The molecule has 4 rings (SSSR count). The average Bonchev–Trinajstić information content (AvgIpc) is 3.31. The van der Waals surface area contributed by atoms with E-state index in [2.05, 4.69) is 10.1 Å². The van der Waals surface area contributed by atoms with Crippen molar-refractivity contribution in [1.29, 1.82) is 0 Å². The number of ether oxygens (including phenoxy) is 3. The molecule has 0 saturated heterocycles. The van der Waals surface area contributed by atoms with E-state index in [4.69, 9.17) is 14.2 Å². The van der Waals surface area contributed by atoms with Gasteiger partial charge in [0.25, 0.3) is 5.56 Å². The quantitative estimate of drug-likeness (QED) is 0.498. The van der Waals surface area contributed by atoms with Crippen LogP contribution in [-0.2, 0) is 16.6 Å². The Hall–Kier alpha value is -3.66. The number of benzene rings is 1. The van der Waals surface area contributed by atoms with E-state index in [-0.39, 0.29) is 12.2 Å². The summed E-state index contributed by atoms with van der Waals surface area (Å²) in [6.45, 7) is 5.62. The molecule has 0 saturated carbocycles. The molecule has 0 N–H and O–H groups in total. The number of methoxy groups -OCH3 is 2. The second-order valence-electron chi connectivity index (χ2n) is 7.72. The van der Waals surface area contributed by atoms with Crippen molar-refractivity contribution in [3.8, 4) is 11.5 Å². The highest BCUT2D eigenvalue weighted by molar-refractivity contribution is 7.07. The van der Waals surface area contributed by atoms with Gasteiger partial charge in [0.1, 0.15) is 17.5 Å². The van der Waals surface area contributed by atoms with Gasteiger partial charge in [0, 0.05) is 29.9 Å². The van der Waals surface area contributed by atoms with Crippen molar-refractivity contribution in [1.82, 2.24) is 14.3 Å². The van der Waals surface area contributed by atoms with Gasteiger partial charge >= 0.3 is 5.97 Å². The summed E-state index contributed by atoms with van der Waals surface area (Å²) in [5.41, 5.74) is 2.93. The summed E-state index contributed by atoms with van der Waals surface area (Å²) >= 11 is 1.26. The maximum absolute atomic E-state index is 13.7. The lowest BCUT2D eigenvalue weighted by Gasteiger charge is -2.26. The zero-order valence-corrected chi connectivity index (χ0v) is 20.7. The molecule has 3 heterocycles. The number of rotatable bonds is 6. The van der Waals surface area contributed by atoms with Crippen molar-refractivity contribution in [2.45, 2.75) is 26.8 Å². The standard InChI is InChI=1S/C24H26N4O5S/c1-7-33-23(30)20-13(2)26-24-28(21(20)17-9-8-16(31-5)11-18(17)32-6)22(29)19(34-24)10-15-12-25-27(4)14(15)3/h8-12,21H,7H2,1-6H3/b19-10+. The van der Waals surface area contributed by atoms with Crippen molar-refractivity contribution >= 4 is 23.4 Å². The topological polar surface area (TPSA) is 96.9 Å². The van der Waals surface area contributed by atoms with Crippen LogP contribution in [0.4, 0.5) is 0 Å². The number of hydrogen-bond donors (Lipinski definition) is 0. The minimum atomic E-state index is -0.770. The molecule has 0 radical (unpaired) electrons. The molecule has 0 amide bonds. The van der Waals surface area contributed by atoms with E-state index in [9.17, 15) is 9.59 Å². The van der Waals surface area contributed by atoms with Gasteiger partial charge in [0.2, 0.25) is 0 Å². The van der Waals surface area contributed by atoms with Crippen molar-refractivity contribution < 1.29 is 19.0 Å². The number of aryl methyl sites for hydroxylation is 1. The minimum Gasteiger partial charge on any atom is -0.497 e. The zero-order valence-electron chi connectivity index (χ0n) is 19.9. The molecule has 0 bridgehead atoms. The summed E-state index contributed by atoms with van der Waals surface area (Å²) in [5, 5.41) is 4.25. The molecule has 1 unspecified atom stereocenters. The fourth-order valence-corrected chi connectivity index (χ4v) is 4.97. The molecule has 1 aliphatic rings. The number of carbonyl (C=O) groups excluding carboxylic acids is 1. The lowest BCUT2D eigenvalue weighted by atomic mass is 9.95. The molecule has 1 aliphatic heterocycles. The first kappa shape index (κ1) is 23.5. The van der Waals surface area contributed by atoms with Crippen LogP contribution in [0.1, 0.15) is 36.7 Å². The predicted molar refractivity (Wildman–Crippen MR) is 128 cm³/mol. The van der Waals surface area contributed by atoms with E-state index >= 15 is 0 Å². The SMILES string of the molecule is CCOC(=O)C1=C(C)N=c2s/c(=C/c3cnn(C)c3C)c(=O)n2C1c1ccc(OC)cc1OC. The Morgan fingerprint density at radius 3 is 2.62 bits per heavy atom. The second-order valence-corrected chi connectivity index (χ2v) is 8.73. The van der Waals surface area contributed by atoms with Gasteiger partial charge < -0.3 is 14.2 Å². The molecule has 10 heteroatoms. The fraction of sp³-hybridized carbons (Fsp3) is 0.333. The summed E-state index contributed by atoms with van der Waals surface area (Å²) in [6, 6.07) is 4.52. The number of carbonyl (C=O) groups is 1. The molecule has 3 aromatic rings. The van der Waals surface area contributed by atoms with Crippen LogP contribution in [0.15, 0.2) is 45.5 Å². The molecule has 34 heavy (non-hydrogen) atoms. The molecule has 0 aliphatic carbocycles. The van der Waals surface area contributed by atoms with Gasteiger partial charge in [-0.15, -0.1) is 0 Å². The normalized spacial score (nSPS) is 15.7. The highest BCUT2D eigenvalue weighted by atomic mass is 32.1. The number of nitrogens with zero attached hydrogens (tertiary/aromatic N) is 4. The monoisotopic (exact) mass is 482 g/mol. The molecule has 9 nitrogen and oxygen atoms in total. The van der Waals surface area contributed by atoms with Crippen molar-refractivity contribution in [3.63, 3.8) is 0 Å². The Balaban J connectivity index is 2.01. The molecule has 0 spiro atoms. The lowest BCUT2D eigenvalue weighted by Crippen LogP contribution is -2.40. The molecule has 1 aromatic carbocycles. The van der Waals surface area contributed by atoms with E-state index in [1.807, 2.05) is 14.0 Å². The number of fused-ring (bicyclic) bond motifs is 1. The summed E-state index contributed by atoms with van der Waals surface area (Å²) in [6.07, 6.45) is 3.52. The number of aromatic nitrogens is 3. The van der Waals surface area contributed by atoms with Gasteiger partial charge in [-0.3, -0.25) is 14.0 Å². The third kappa shape index (κ3) is 3.94. The van der Waals surface area contributed by atoms with Crippen LogP contribution in [0.2, 0.25) is 0 Å². The predicted octanol–water partition coefficient (Wildman–Crippen LogP) is 1.86. The van der Waals surface area contributed by atoms with Crippen LogP contribution in [0.5, 0.6) is 11.5 Å². The van der Waals surface area contributed by atoms with Gasteiger partial charge in [-0.25, -0.2) is 9.79 Å². The Kier molecular flexibility index (Phi) is 6.43. The number of esters is 1. The highest BCUT2D eigenvalue weighted by Crippen LogP contribution is 2.37. The summed E-state index contributed by atoms with van der Waals surface area (Å²) < 4.78 is 20.1. The van der Waals surface area contributed by atoms with Crippen LogP contribution >= 0.6 is 11.3 Å². The summed E-state index contributed by atoms with van der Waals surface area (Å²) in [4.78, 5) is 31.8. The number of thiazole rings is 1. The first-order valence-electron chi connectivity index (χ1n) is 10.7. The van der Waals surface area contributed by atoms with Crippen LogP contribution in [0, 0.1) is 6.92 Å². The molecule has 0 fully saturated rings. The number of allylic oxidation sites excluding steroid dienone is 1. The maximum atomic E-state index is 13.7. The van der Waals surface area contributed by atoms with Crippen molar-refractivity contribution in [2.75, 3.05) is 20.8 Å². The maximum Gasteiger partial charge on any atom is 0.338 e. The minimum absolute atomic E-state index is 0.201. The smallest absolute Gasteiger partial charge is 0.338 e. The number of hydrogen-bond acceptors (Lipinski definition) is 8. The molecular formula is C24H26N4O5S. The molecule has 1 atom stereocenters. The van der Waals surface area contributed by atoms with E-state index in [1.165, 1.54) is 23.0 Å². The Morgan fingerprint density at radius 2 is 2.00 bits per heavy atom. The van der Waals surface area contributed by atoms with E-state index in [1.54, 1.807) is 56.1 Å². The Morgan fingerprint density at radius 1 is 1.24 bits per heavy atom. The van der Waals surface area contributed by atoms with Crippen LogP contribution in [0.25, 0.3) is 6.08 Å². The van der Waals surface area contributed by atoms with Crippen molar-refractivity contribution in [3.05, 3.63) is 72.2 Å². The van der Waals surface area contributed by atoms with Gasteiger partial charge in [-0.1, -0.05) is 11.3 Å². The van der Waals surface area contributed by atoms with Gasteiger partial charge in [-0.05, 0) is 39.0 Å². The third-order valence-electron chi connectivity index (χ3n) is 5.81. The first-order valence-corrected chi connectivity index (χ1v) is 11.5. The van der Waals surface area contributed by atoms with Crippen LogP contribution in [-0.4, -0.2) is 41.1 Å². The highest BCUT2D eigenvalue weighted by Gasteiger charge is 2.35. The average molecular weight is 483 g/mol. The van der Waals surface area contributed by atoms with Crippen LogP contribution in [0.3, 0.4) is 0 Å². The lowest BCUT2D eigenvalue weighted by molar-refractivity contribution is -0.139. The van der Waals surface area contributed by atoms with Gasteiger partial charge in [0.05, 0.1) is 42.8 Å². The molecule has 2 aromatic heterocycles.